The second-order valence-electron chi connectivity index (χ2n) is 4.88. The standard InChI is InChI=1S/C13H15N3O/c1-13(6-7-13)12-15-11(16-17-12)10-4-2-9(8-14)3-5-10/h2-5H,6-8,14H2,1H3. The summed E-state index contributed by atoms with van der Waals surface area (Å²) in [6.45, 7) is 2.71. The van der Waals surface area contributed by atoms with Crippen LogP contribution in [-0.4, -0.2) is 10.1 Å². The summed E-state index contributed by atoms with van der Waals surface area (Å²) >= 11 is 0. The number of hydrogen-bond donors (Lipinski definition) is 1. The molecule has 1 aromatic heterocycles. The van der Waals surface area contributed by atoms with Gasteiger partial charge in [0.15, 0.2) is 0 Å². The molecule has 1 aromatic carbocycles. The van der Waals surface area contributed by atoms with Crippen LogP contribution in [-0.2, 0) is 12.0 Å². The van der Waals surface area contributed by atoms with Gasteiger partial charge in [-0.2, -0.15) is 4.98 Å². The maximum absolute atomic E-state index is 5.56. The summed E-state index contributed by atoms with van der Waals surface area (Å²) in [4.78, 5) is 4.46. The van der Waals surface area contributed by atoms with Crippen LogP contribution >= 0.6 is 0 Å². The van der Waals surface area contributed by atoms with Crippen molar-refractivity contribution >= 4 is 0 Å². The van der Waals surface area contributed by atoms with E-state index in [4.69, 9.17) is 10.3 Å². The highest BCUT2D eigenvalue weighted by atomic mass is 16.5. The molecular formula is C13H15N3O. The van der Waals surface area contributed by atoms with Gasteiger partial charge >= 0.3 is 0 Å². The van der Waals surface area contributed by atoms with E-state index in [2.05, 4.69) is 17.1 Å². The molecule has 1 aliphatic rings. The fraction of sp³-hybridized carbons (Fsp3) is 0.385. The molecule has 2 aromatic rings. The first-order valence-corrected chi connectivity index (χ1v) is 5.85. The highest BCUT2D eigenvalue weighted by molar-refractivity contribution is 5.54. The van der Waals surface area contributed by atoms with E-state index in [0.29, 0.717) is 12.4 Å². The van der Waals surface area contributed by atoms with Gasteiger partial charge in [0.05, 0.1) is 0 Å². The van der Waals surface area contributed by atoms with Gasteiger partial charge in [-0.15, -0.1) is 0 Å². The van der Waals surface area contributed by atoms with Crippen molar-refractivity contribution in [3.8, 4) is 11.4 Å². The Morgan fingerprint density at radius 2 is 2.00 bits per heavy atom. The minimum Gasteiger partial charge on any atom is -0.338 e. The maximum Gasteiger partial charge on any atom is 0.232 e. The van der Waals surface area contributed by atoms with Crippen LogP contribution in [0.1, 0.15) is 31.2 Å². The minimum atomic E-state index is 0.127. The monoisotopic (exact) mass is 229 g/mol. The summed E-state index contributed by atoms with van der Waals surface area (Å²) in [7, 11) is 0. The van der Waals surface area contributed by atoms with Crippen molar-refractivity contribution in [1.82, 2.24) is 10.1 Å². The topological polar surface area (TPSA) is 64.9 Å². The van der Waals surface area contributed by atoms with Gasteiger partial charge in [0.25, 0.3) is 0 Å². The number of benzene rings is 1. The lowest BCUT2D eigenvalue weighted by Gasteiger charge is -1.98. The van der Waals surface area contributed by atoms with E-state index in [1.165, 1.54) is 0 Å². The Kier molecular flexibility index (Phi) is 2.26. The predicted octanol–water partition coefficient (Wildman–Crippen LogP) is 2.25. The first kappa shape index (κ1) is 10.5. The first-order valence-electron chi connectivity index (χ1n) is 5.85. The fourth-order valence-corrected chi connectivity index (χ4v) is 1.78. The van der Waals surface area contributed by atoms with Crippen LogP contribution in [0.4, 0.5) is 0 Å². The second kappa shape index (κ2) is 3.67. The number of nitrogens with two attached hydrogens (primary N) is 1. The Morgan fingerprint density at radius 1 is 1.29 bits per heavy atom. The zero-order chi connectivity index (χ0) is 11.9. The summed E-state index contributed by atoms with van der Waals surface area (Å²) in [6.07, 6.45) is 2.28. The zero-order valence-corrected chi connectivity index (χ0v) is 9.81. The van der Waals surface area contributed by atoms with E-state index in [-0.39, 0.29) is 5.41 Å². The molecule has 0 unspecified atom stereocenters. The molecule has 4 nitrogen and oxygen atoms in total. The molecule has 0 aliphatic heterocycles. The molecule has 88 valence electrons. The smallest absolute Gasteiger partial charge is 0.232 e. The lowest BCUT2D eigenvalue weighted by molar-refractivity contribution is 0.353. The first-order chi connectivity index (χ1) is 8.21. The van der Waals surface area contributed by atoms with Crippen LogP contribution in [0.2, 0.25) is 0 Å². The van der Waals surface area contributed by atoms with Gasteiger partial charge in [0.2, 0.25) is 11.7 Å². The van der Waals surface area contributed by atoms with Crippen LogP contribution in [0.15, 0.2) is 28.8 Å². The van der Waals surface area contributed by atoms with E-state index < -0.39 is 0 Å². The van der Waals surface area contributed by atoms with Crippen molar-refractivity contribution in [3.05, 3.63) is 35.7 Å². The molecule has 0 spiro atoms. The Labute approximate surface area is 99.8 Å². The molecule has 1 heterocycles. The van der Waals surface area contributed by atoms with Crippen molar-refractivity contribution in [3.63, 3.8) is 0 Å². The van der Waals surface area contributed by atoms with Gasteiger partial charge in [0, 0.05) is 17.5 Å². The molecule has 3 rings (SSSR count). The summed E-state index contributed by atoms with van der Waals surface area (Å²) in [6, 6.07) is 7.94. The van der Waals surface area contributed by atoms with Gasteiger partial charge in [-0.25, -0.2) is 0 Å². The average molecular weight is 229 g/mol. The van der Waals surface area contributed by atoms with Crippen LogP contribution in [0.5, 0.6) is 0 Å². The van der Waals surface area contributed by atoms with Gasteiger partial charge in [-0.05, 0) is 18.4 Å². The highest BCUT2D eigenvalue weighted by Gasteiger charge is 2.44. The third-order valence-electron chi connectivity index (χ3n) is 3.39. The molecule has 1 fully saturated rings. The normalized spacial score (nSPS) is 17.1. The van der Waals surface area contributed by atoms with Crippen LogP contribution in [0.25, 0.3) is 11.4 Å². The number of rotatable bonds is 3. The number of aromatic nitrogens is 2. The third kappa shape index (κ3) is 1.85. The van der Waals surface area contributed by atoms with E-state index in [0.717, 1.165) is 29.9 Å². The molecule has 0 amide bonds. The highest BCUT2D eigenvalue weighted by Crippen LogP contribution is 2.46. The Balaban J connectivity index is 1.90. The van der Waals surface area contributed by atoms with E-state index >= 15 is 0 Å². The maximum atomic E-state index is 5.56. The third-order valence-corrected chi connectivity index (χ3v) is 3.39. The van der Waals surface area contributed by atoms with Crippen LogP contribution in [0, 0.1) is 0 Å². The predicted molar refractivity (Wildman–Crippen MR) is 64.2 cm³/mol. The quantitative estimate of drug-likeness (QED) is 0.876. The second-order valence-corrected chi connectivity index (χ2v) is 4.88. The molecule has 1 saturated carbocycles. The van der Waals surface area contributed by atoms with Crippen molar-refractivity contribution < 1.29 is 4.52 Å². The molecule has 1 aliphatic carbocycles. The summed E-state index contributed by atoms with van der Waals surface area (Å²) in [5.41, 5.74) is 7.76. The summed E-state index contributed by atoms with van der Waals surface area (Å²) < 4.78 is 5.32. The van der Waals surface area contributed by atoms with Crippen molar-refractivity contribution in [2.45, 2.75) is 31.7 Å². The van der Waals surface area contributed by atoms with Crippen molar-refractivity contribution in [1.29, 1.82) is 0 Å². The molecule has 4 heteroatoms. The number of hydrogen-bond acceptors (Lipinski definition) is 4. The Hall–Kier alpha value is -1.68. The van der Waals surface area contributed by atoms with Crippen molar-refractivity contribution in [2.75, 3.05) is 0 Å². The number of nitrogens with zero attached hydrogens (tertiary/aromatic N) is 2. The fourth-order valence-electron chi connectivity index (χ4n) is 1.78. The molecule has 0 bridgehead atoms. The molecule has 0 atom stereocenters. The minimum absolute atomic E-state index is 0.127. The van der Waals surface area contributed by atoms with E-state index in [9.17, 15) is 0 Å². The van der Waals surface area contributed by atoms with Crippen molar-refractivity contribution in [2.24, 2.45) is 5.73 Å². The van der Waals surface area contributed by atoms with E-state index in [1.807, 2.05) is 24.3 Å². The van der Waals surface area contributed by atoms with Gasteiger partial charge in [-0.3, -0.25) is 0 Å². The Morgan fingerprint density at radius 3 is 2.59 bits per heavy atom. The van der Waals surface area contributed by atoms with Crippen LogP contribution in [0.3, 0.4) is 0 Å². The lowest BCUT2D eigenvalue weighted by Crippen LogP contribution is -1.99. The SMILES string of the molecule is CC1(c2nc(-c3ccc(CN)cc3)no2)CC1. The average Bonchev–Trinajstić information content (AvgIpc) is 2.94. The molecule has 17 heavy (non-hydrogen) atoms. The van der Waals surface area contributed by atoms with Gasteiger partial charge in [-0.1, -0.05) is 36.3 Å². The summed E-state index contributed by atoms with van der Waals surface area (Å²) in [5, 5.41) is 4.03. The molecule has 0 radical (unpaired) electrons. The zero-order valence-electron chi connectivity index (χ0n) is 9.81. The largest absolute Gasteiger partial charge is 0.338 e. The Bertz CT molecular complexity index is 526. The summed E-state index contributed by atoms with van der Waals surface area (Å²) in [5.74, 6) is 1.42. The lowest BCUT2D eigenvalue weighted by atomic mass is 10.1. The van der Waals surface area contributed by atoms with Gasteiger partial charge < -0.3 is 10.3 Å². The van der Waals surface area contributed by atoms with Gasteiger partial charge in [0.1, 0.15) is 0 Å². The van der Waals surface area contributed by atoms with E-state index in [1.54, 1.807) is 0 Å². The molecule has 2 N–H and O–H groups in total. The molecule has 0 saturated heterocycles. The molecular weight excluding hydrogens is 214 g/mol. The van der Waals surface area contributed by atoms with Crippen LogP contribution < -0.4 is 5.73 Å².